The van der Waals surface area contributed by atoms with Crippen LogP contribution in [0.15, 0.2) is 24.5 Å². The summed E-state index contributed by atoms with van der Waals surface area (Å²) in [4.78, 5) is 4.12. The molecule has 124 valence electrons. The van der Waals surface area contributed by atoms with Crippen molar-refractivity contribution in [2.45, 2.75) is 45.3 Å². The Bertz CT molecular complexity index is 554. The first-order valence-electron chi connectivity index (χ1n) is 7.89. The van der Waals surface area contributed by atoms with E-state index in [0.717, 1.165) is 25.0 Å². The molecule has 0 N–H and O–H groups in total. The van der Waals surface area contributed by atoms with Gasteiger partial charge in [0.1, 0.15) is 0 Å². The summed E-state index contributed by atoms with van der Waals surface area (Å²) in [6.45, 7) is 4.82. The van der Waals surface area contributed by atoms with Crippen LogP contribution >= 0.6 is 0 Å². The lowest BCUT2D eigenvalue weighted by Gasteiger charge is -2.31. The summed E-state index contributed by atoms with van der Waals surface area (Å²) < 4.78 is 32.3. The third-order valence-corrected chi connectivity index (χ3v) is 6.07. The molecule has 0 aromatic carbocycles. The van der Waals surface area contributed by atoms with Crippen LogP contribution in [0, 0.1) is 5.92 Å². The van der Waals surface area contributed by atoms with Crippen LogP contribution in [0.25, 0.3) is 0 Å². The molecule has 6 heteroatoms. The van der Waals surface area contributed by atoms with E-state index in [-0.39, 0.29) is 23.8 Å². The third kappa shape index (κ3) is 4.27. The molecule has 1 aromatic heterocycles. The van der Waals surface area contributed by atoms with Gasteiger partial charge < -0.3 is 4.74 Å². The Morgan fingerprint density at radius 1 is 1.45 bits per heavy atom. The molecule has 5 nitrogen and oxygen atoms in total. The standard InChI is InChI=1S/C16H26N2O3S/c1-13(2)16(14-6-4-9-17-12-14)18(3)22(19,20)11-8-15-7-5-10-21-15/h4,6,9,12-13,15-16H,5,7-8,10-11H2,1-3H3/t15-,16+/m1/s1. The van der Waals surface area contributed by atoms with E-state index in [0.29, 0.717) is 6.42 Å². The van der Waals surface area contributed by atoms with Gasteiger partial charge >= 0.3 is 0 Å². The van der Waals surface area contributed by atoms with E-state index in [1.165, 1.54) is 4.31 Å². The third-order valence-electron chi connectivity index (χ3n) is 4.21. The van der Waals surface area contributed by atoms with Crippen LogP contribution in [-0.2, 0) is 14.8 Å². The minimum atomic E-state index is -3.31. The molecule has 0 spiro atoms. The molecule has 1 aromatic rings. The Balaban J connectivity index is 2.09. The van der Waals surface area contributed by atoms with Gasteiger partial charge in [-0.15, -0.1) is 0 Å². The molecule has 0 bridgehead atoms. The zero-order valence-electron chi connectivity index (χ0n) is 13.6. The molecule has 0 unspecified atom stereocenters. The summed E-state index contributed by atoms with van der Waals surface area (Å²) in [6.07, 6.45) is 6.12. The number of sulfonamides is 1. The van der Waals surface area contributed by atoms with Crippen molar-refractivity contribution in [1.29, 1.82) is 0 Å². The molecule has 0 saturated carbocycles. The number of nitrogens with zero attached hydrogens (tertiary/aromatic N) is 2. The fourth-order valence-electron chi connectivity index (χ4n) is 3.04. The first-order chi connectivity index (χ1) is 10.4. The first-order valence-corrected chi connectivity index (χ1v) is 9.50. The number of ether oxygens (including phenoxy) is 1. The van der Waals surface area contributed by atoms with E-state index in [2.05, 4.69) is 4.98 Å². The monoisotopic (exact) mass is 326 g/mol. The van der Waals surface area contributed by atoms with Gasteiger partial charge in [-0.05, 0) is 36.8 Å². The van der Waals surface area contributed by atoms with Crippen LogP contribution in [0.1, 0.15) is 44.7 Å². The van der Waals surface area contributed by atoms with Crippen molar-refractivity contribution in [3.8, 4) is 0 Å². The summed E-state index contributed by atoms with van der Waals surface area (Å²) in [5.74, 6) is 0.309. The van der Waals surface area contributed by atoms with E-state index in [9.17, 15) is 8.42 Å². The summed E-state index contributed by atoms with van der Waals surface area (Å²) in [6, 6.07) is 3.59. The summed E-state index contributed by atoms with van der Waals surface area (Å²) in [5.41, 5.74) is 0.931. The van der Waals surface area contributed by atoms with E-state index in [4.69, 9.17) is 4.74 Å². The summed E-state index contributed by atoms with van der Waals surface area (Å²) >= 11 is 0. The Morgan fingerprint density at radius 2 is 2.23 bits per heavy atom. The highest BCUT2D eigenvalue weighted by Gasteiger charge is 2.30. The highest BCUT2D eigenvalue weighted by atomic mass is 32.2. The highest BCUT2D eigenvalue weighted by Crippen LogP contribution is 2.29. The molecule has 1 fully saturated rings. The van der Waals surface area contributed by atoms with Gasteiger partial charge in [-0.2, -0.15) is 4.31 Å². The molecule has 1 saturated heterocycles. The van der Waals surface area contributed by atoms with Crippen LogP contribution in [0.5, 0.6) is 0 Å². The van der Waals surface area contributed by atoms with E-state index < -0.39 is 10.0 Å². The summed E-state index contributed by atoms with van der Waals surface area (Å²) in [5, 5.41) is 0. The first kappa shape index (κ1) is 17.4. The molecule has 2 atom stereocenters. The zero-order chi connectivity index (χ0) is 16.2. The molecule has 1 aliphatic rings. The molecule has 0 amide bonds. The molecular weight excluding hydrogens is 300 g/mol. The van der Waals surface area contributed by atoms with Crippen molar-refractivity contribution in [2.75, 3.05) is 19.4 Å². The number of pyridine rings is 1. The van der Waals surface area contributed by atoms with Gasteiger partial charge in [-0.1, -0.05) is 19.9 Å². The van der Waals surface area contributed by atoms with E-state index in [1.54, 1.807) is 19.4 Å². The van der Waals surface area contributed by atoms with E-state index in [1.807, 2.05) is 26.0 Å². The Morgan fingerprint density at radius 3 is 2.77 bits per heavy atom. The normalized spacial score (nSPS) is 20.7. The largest absolute Gasteiger partial charge is 0.378 e. The number of aromatic nitrogens is 1. The molecule has 0 radical (unpaired) electrons. The maximum atomic E-state index is 12.7. The second kappa shape index (κ2) is 7.53. The quantitative estimate of drug-likeness (QED) is 0.773. The number of hydrogen-bond acceptors (Lipinski definition) is 4. The van der Waals surface area contributed by atoms with Gasteiger partial charge in [-0.3, -0.25) is 4.98 Å². The average Bonchev–Trinajstić information content (AvgIpc) is 2.99. The highest BCUT2D eigenvalue weighted by molar-refractivity contribution is 7.89. The van der Waals surface area contributed by atoms with Crippen molar-refractivity contribution in [2.24, 2.45) is 5.92 Å². The minimum absolute atomic E-state index is 0.0964. The van der Waals surface area contributed by atoms with Crippen LogP contribution in [0.3, 0.4) is 0 Å². The Kier molecular flexibility index (Phi) is 5.94. The van der Waals surface area contributed by atoms with Crippen LogP contribution < -0.4 is 0 Å². The smallest absolute Gasteiger partial charge is 0.214 e. The van der Waals surface area contributed by atoms with Gasteiger partial charge in [0.2, 0.25) is 10.0 Å². The van der Waals surface area contributed by atoms with E-state index >= 15 is 0 Å². The lowest BCUT2D eigenvalue weighted by molar-refractivity contribution is 0.108. The zero-order valence-corrected chi connectivity index (χ0v) is 14.4. The molecular formula is C16H26N2O3S. The second-order valence-corrected chi connectivity index (χ2v) is 8.38. The molecule has 2 heterocycles. The number of rotatable bonds is 7. The molecule has 0 aliphatic carbocycles. The molecule has 1 aliphatic heterocycles. The minimum Gasteiger partial charge on any atom is -0.378 e. The van der Waals surface area contributed by atoms with Crippen molar-refractivity contribution < 1.29 is 13.2 Å². The maximum absolute atomic E-state index is 12.7. The number of hydrogen-bond donors (Lipinski definition) is 0. The molecule has 22 heavy (non-hydrogen) atoms. The predicted octanol–water partition coefficient (Wildman–Crippen LogP) is 2.61. The lowest BCUT2D eigenvalue weighted by Crippen LogP contribution is -2.36. The van der Waals surface area contributed by atoms with Crippen molar-refractivity contribution in [1.82, 2.24) is 9.29 Å². The lowest BCUT2D eigenvalue weighted by atomic mass is 9.98. The van der Waals surface area contributed by atoms with Crippen molar-refractivity contribution in [3.63, 3.8) is 0 Å². The fraction of sp³-hybridized carbons (Fsp3) is 0.688. The SMILES string of the molecule is CC(C)[C@@H](c1cccnc1)N(C)S(=O)(=O)CC[C@H]1CCCO1. The van der Waals surface area contributed by atoms with Crippen molar-refractivity contribution in [3.05, 3.63) is 30.1 Å². The van der Waals surface area contributed by atoms with Gasteiger partial charge in [0.15, 0.2) is 0 Å². The molecule has 2 rings (SSSR count). The van der Waals surface area contributed by atoms with Crippen LogP contribution in [-0.4, -0.2) is 43.2 Å². The van der Waals surface area contributed by atoms with Crippen molar-refractivity contribution >= 4 is 10.0 Å². The van der Waals surface area contributed by atoms with Crippen LogP contribution in [0.4, 0.5) is 0 Å². The predicted molar refractivity (Wildman–Crippen MR) is 87.0 cm³/mol. The Hall–Kier alpha value is -0.980. The average molecular weight is 326 g/mol. The topological polar surface area (TPSA) is 59.5 Å². The van der Waals surface area contributed by atoms with Crippen LogP contribution in [0.2, 0.25) is 0 Å². The van der Waals surface area contributed by atoms with Gasteiger partial charge in [0.25, 0.3) is 0 Å². The van der Waals surface area contributed by atoms with Gasteiger partial charge in [0.05, 0.1) is 17.9 Å². The maximum Gasteiger partial charge on any atom is 0.214 e. The second-order valence-electron chi connectivity index (χ2n) is 6.23. The van der Waals surface area contributed by atoms with Gasteiger partial charge in [-0.25, -0.2) is 8.42 Å². The summed E-state index contributed by atoms with van der Waals surface area (Å²) in [7, 11) is -1.65. The Labute approximate surface area is 133 Å². The fourth-order valence-corrected chi connectivity index (χ4v) is 4.59. The van der Waals surface area contributed by atoms with Gasteiger partial charge in [0, 0.05) is 26.0 Å².